The van der Waals surface area contributed by atoms with Crippen LogP contribution in [0.4, 0.5) is 13.2 Å². The predicted molar refractivity (Wildman–Crippen MR) is 61.8 cm³/mol. The van der Waals surface area contributed by atoms with Crippen LogP contribution in [-0.2, 0) is 6.54 Å². The topological polar surface area (TPSA) is 29.1 Å². The summed E-state index contributed by atoms with van der Waals surface area (Å²) in [6.45, 7) is 0.261. The molecule has 18 heavy (non-hydrogen) atoms. The molecule has 0 unspecified atom stereocenters. The normalized spacial score (nSPS) is 10.4. The van der Waals surface area contributed by atoms with Crippen molar-refractivity contribution < 1.29 is 18.0 Å². The van der Waals surface area contributed by atoms with Gasteiger partial charge < -0.3 is 5.32 Å². The average molecular weight is 271 g/mol. The second-order valence-electron chi connectivity index (χ2n) is 3.52. The summed E-state index contributed by atoms with van der Waals surface area (Å²) in [5.41, 5.74) is -0.247. The summed E-state index contributed by atoms with van der Waals surface area (Å²) >= 11 is 1.45. The molecular formula is C12H8F3NOS. The first-order chi connectivity index (χ1) is 8.58. The molecule has 0 saturated carbocycles. The van der Waals surface area contributed by atoms with E-state index in [1.165, 1.54) is 11.3 Å². The number of thiophene rings is 1. The van der Waals surface area contributed by atoms with E-state index >= 15 is 0 Å². The highest BCUT2D eigenvalue weighted by atomic mass is 32.1. The van der Waals surface area contributed by atoms with Crippen LogP contribution in [0.1, 0.15) is 15.2 Å². The van der Waals surface area contributed by atoms with Crippen LogP contribution in [0.3, 0.4) is 0 Å². The average Bonchev–Trinajstić information content (AvgIpc) is 2.85. The molecule has 94 valence electrons. The van der Waals surface area contributed by atoms with Crippen LogP contribution in [-0.4, -0.2) is 5.91 Å². The number of halogens is 3. The van der Waals surface area contributed by atoms with E-state index in [0.717, 1.165) is 4.88 Å². The number of carbonyl (C=O) groups excluding carboxylic acids is 1. The summed E-state index contributed by atoms with van der Waals surface area (Å²) in [6.07, 6.45) is 0. The second-order valence-corrected chi connectivity index (χ2v) is 4.55. The number of rotatable bonds is 3. The zero-order valence-electron chi connectivity index (χ0n) is 9.04. The van der Waals surface area contributed by atoms with Gasteiger partial charge in [-0.05, 0) is 23.6 Å². The van der Waals surface area contributed by atoms with E-state index in [2.05, 4.69) is 5.32 Å². The lowest BCUT2D eigenvalue weighted by molar-refractivity contribution is 0.0950. The Balaban J connectivity index is 2.09. The van der Waals surface area contributed by atoms with Crippen molar-refractivity contribution in [2.45, 2.75) is 6.54 Å². The van der Waals surface area contributed by atoms with E-state index in [1.54, 1.807) is 0 Å². The Morgan fingerprint density at radius 2 is 1.89 bits per heavy atom. The summed E-state index contributed by atoms with van der Waals surface area (Å²) in [6, 6.07) is 4.98. The molecule has 0 radical (unpaired) electrons. The van der Waals surface area contributed by atoms with Gasteiger partial charge in [-0.15, -0.1) is 11.3 Å². The van der Waals surface area contributed by atoms with Crippen molar-refractivity contribution in [2.75, 3.05) is 0 Å². The number of nitrogens with one attached hydrogen (secondary N) is 1. The maximum atomic E-state index is 12.9. The Labute approximate surface area is 105 Å². The van der Waals surface area contributed by atoms with Gasteiger partial charge in [0.25, 0.3) is 5.91 Å². The van der Waals surface area contributed by atoms with Gasteiger partial charge >= 0.3 is 0 Å². The molecule has 0 aliphatic heterocycles. The SMILES string of the molecule is O=C(NCc1cccs1)c1cc(F)c(F)c(F)c1. The van der Waals surface area contributed by atoms with Gasteiger partial charge in [-0.2, -0.15) is 0 Å². The first-order valence-corrected chi connectivity index (χ1v) is 5.91. The monoisotopic (exact) mass is 271 g/mol. The van der Waals surface area contributed by atoms with Crippen LogP contribution in [0, 0.1) is 17.5 Å². The quantitative estimate of drug-likeness (QED) is 0.854. The van der Waals surface area contributed by atoms with Gasteiger partial charge in [0, 0.05) is 10.4 Å². The molecule has 0 atom stereocenters. The zero-order valence-corrected chi connectivity index (χ0v) is 9.86. The molecule has 2 nitrogen and oxygen atoms in total. The standard InChI is InChI=1S/C12H8F3NOS/c13-9-4-7(5-10(14)11(9)15)12(17)16-6-8-2-1-3-18-8/h1-5H,6H2,(H,16,17). The highest BCUT2D eigenvalue weighted by molar-refractivity contribution is 7.09. The zero-order chi connectivity index (χ0) is 13.1. The molecule has 1 N–H and O–H groups in total. The lowest BCUT2D eigenvalue weighted by Crippen LogP contribution is -2.22. The van der Waals surface area contributed by atoms with Crippen molar-refractivity contribution in [3.05, 3.63) is 57.5 Å². The van der Waals surface area contributed by atoms with E-state index < -0.39 is 23.4 Å². The molecule has 0 spiro atoms. The van der Waals surface area contributed by atoms with Crippen molar-refractivity contribution in [2.24, 2.45) is 0 Å². The van der Waals surface area contributed by atoms with Crippen LogP contribution >= 0.6 is 11.3 Å². The molecule has 0 aliphatic carbocycles. The molecule has 1 amide bonds. The Morgan fingerprint density at radius 1 is 1.22 bits per heavy atom. The first-order valence-electron chi connectivity index (χ1n) is 5.03. The third-order valence-electron chi connectivity index (χ3n) is 2.25. The molecule has 1 heterocycles. The Morgan fingerprint density at radius 3 is 2.44 bits per heavy atom. The van der Waals surface area contributed by atoms with Crippen molar-refractivity contribution >= 4 is 17.2 Å². The highest BCUT2D eigenvalue weighted by Gasteiger charge is 2.14. The minimum absolute atomic E-state index is 0.247. The van der Waals surface area contributed by atoms with E-state index in [1.807, 2.05) is 17.5 Å². The summed E-state index contributed by atoms with van der Waals surface area (Å²) in [4.78, 5) is 12.5. The maximum Gasteiger partial charge on any atom is 0.251 e. The second kappa shape index (κ2) is 5.22. The van der Waals surface area contributed by atoms with Gasteiger partial charge in [-0.3, -0.25) is 4.79 Å². The minimum Gasteiger partial charge on any atom is -0.347 e. The van der Waals surface area contributed by atoms with Gasteiger partial charge in [-0.1, -0.05) is 6.07 Å². The van der Waals surface area contributed by atoms with Gasteiger partial charge in [0.1, 0.15) is 0 Å². The lowest BCUT2D eigenvalue weighted by atomic mass is 10.2. The third-order valence-corrected chi connectivity index (χ3v) is 3.13. The molecular weight excluding hydrogens is 263 g/mol. The van der Waals surface area contributed by atoms with Crippen molar-refractivity contribution in [1.29, 1.82) is 0 Å². The molecule has 0 fully saturated rings. The summed E-state index contributed by atoms with van der Waals surface area (Å²) in [5, 5.41) is 4.34. The first kappa shape index (κ1) is 12.6. The Hall–Kier alpha value is -1.82. The molecule has 1 aromatic carbocycles. The van der Waals surface area contributed by atoms with E-state index in [0.29, 0.717) is 12.1 Å². The van der Waals surface area contributed by atoms with Crippen LogP contribution in [0.15, 0.2) is 29.6 Å². The third kappa shape index (κ3) is 2.70. The summed E-state index contributed by atoms with van der Waals surface area (Å²) < 4.78 is 38.5. The maximum absolute atomic E-state index is 12.9. The Bertz CT molecular complexity index is 546. The fourth-order valence-corrected chi connectivity index (χ4v) is 2.01. The fraction of sp³-hybridized carbons (Fsp3) is 0.0833. The molecule has 2 rings (SSSR count). The van der Waals surface area contributed by atoms with Crippen molar-refractivity contribution in [3.63, 3.8) is 0 Å². The Kier molecular flexibility index (Phi) is 3.66. The number of benzene rings is 1. The minimum atomic E-state index is -1.58. The summed E-state index contributed by atoms with van der Waals surface area (Å²) in [7, 11) is 0. The molecule has 0 bridgehead atoms. The van der Waals surface area contributed by atoms with E-state index in [4.69, 9.17) is 0 Å². The largest absolute Gasteiger partial charge is 0.347 e. The number of hydrogen-bond acceptors (Lipinski definition) is 2. The molecule has 0 aliphatic rings. The highest BCUT2D eigenvalue weighted by Crippen LogP contribution is 2.14. The molecule has 1 aromatic heterocycles. The van der Waals surface area contributed by atoms with Crippen LogP contribution in [0.5, 0.6) is 0 Å². The molecule has 6 heteroatoms. The van der Waals surface area contributed by atoms with Gasteiger partial charge in [0.05, 0.1) is 6.54 Å². The molecule has 0 saturated heterocycles. The van der Waals surface area contributed by atoms with E-state index in [9.17, 15) is 18.0 Å². The predicted octanol–water partition coefficient (Wildman–Crippen LogP) is 3.10. The lowest BCUT2D eigenvalue weighted by Gasteiger charge is -2.04. The van der Waals surface area contributed by atoms with Crippen LogP contribution < -0.4 is 5.32 Å². The van der Waals surface area contributed by atoms with Crippen molar-refractivity contribution in [1.82, 2.24) is 5.32 Å². The summed E-state index contributed by atoms with van der Waals surface area (Å²) in [5.74, 6) is -4.99. The van der Waals surface area contributed by atoms with Crippen LogP contribution in [0.25, 0.3) is 0 Å². The smallest absolute Gasteiger partial charge is 0.251 e. The van der Waals surface area contributed by atoms with Gasteiger partial charge in [-0.25, -0.2) is 13.2 Å². The number of hydrogen-bond donors (Lipinski definition) is 1. The van der Waals surface area contributed by atoms with E-state index in [-0.39, 0.29) is 12.1 Å². The van der Waals surface area contributed by atoms with Crippen molar-refractivity contribution in [3.8, 4) is 0 Å². The number of carbonyl (C=O) groups is 1. The number of amides is 1. The van der Waals surface area contributed by atoms with Crippen LogP contribution in [0.2, 0.25) is 0 Å². The fourth-order valence-electron chi connectivity index (χ4n) is 1.37. The van der Waals surface area contributed by atoms with Gasteiger partial charge in [0.2, 0.25) is 0 Å². The molecule has 2 aromatic rings. The van der Waals surface area contributed by atoms with Gasteiger partial charge in [0.15, 0.2) is 17.5 Å².